The fraction of sp³-hybridized carbons (Fsp3) is 0.320. The largest absolute Gasteiger partial charge is 0.444 e. The molecular formula is C25H26ClN5OS. The summed E-state index contributed by atoms with van der Waals surface area (Å²) in [5.41, 5.74) is 2.88. The highest BCUT2D eigenvalue weighted by atomic mass is 35.5. The number of aromatic nitrogens is 4. The molecule has 0 spiro atoms. The maximum Gasteiger partial charge on any atom is 0.227 e. The SMILES string of the molecule is Clc1ccccc1-c1nc(CSc2nnc(CN3CCCCC3)n2Cc2ccccc2)co1. The molecule has 3 heterocycles. The second kappa shape index (κ2) is 10.5. The van der Waals surface area contributed by atoms with Crippen molar-refractivity contribution in [1.29, 1.82) is 0 Å². The summed E-state index contributed by atoms with van der Waals surface area (Å²) in [6, 6.07) is 18.0. The molecule has 0 saturated carbocycles. The Labute approximate surface area is 203 Å². The van der Waals surface area contributed by atoms with E-state index in [0.717, 1.165) is 48.4 Å². The van der Waals surface area contributed by atoms with E-state index >= 15 is 0 Å². The van der Waals surface area contributed by atoms with E-state index in [9.17, 15) is 0 Å². The van der Waals surface area contributed by atoms with E-state index in [1.165, 1.54) is 24.8 Å². The third-order valence-corrected chi connectivity index (χ3v) is 7.13. The number of halogens is 1. The molecule has 0 radical (unpaired) electrons. The first-order chi connectivity index (χ1) is 16.3. The summed E-state index contributed by atoms with van der Waals surface area (Å²) in [6.07, 6.45) is 5.53. The van der Waals surface area contributed by atoms with Gasteiger partial charge in [0, 0.05) is 5.75 Å². The highest BCUT2D eigenvalue weighted by molar-refractivity contribution is 7.98. The van der Waals surface area contributed by atoms with Crippen LogP contribution in [0.5, 0.6) is 0 Å². The summed E-state index contributed by atoms with van der Waals surface area (Å²) >= 11 is 7.92. The van der Waals surface area contributed by atoms with Crippen LogP contribution in [0.25, 0.3) is 11.5 Å². The minimum absolute atomic E-state index is 0.535. The number of benzene rings is 2. The number of hydrogen-bond acceptors (Lipinski definition) is 6. The van der Waals surface area contributed by atoms with Crippen LogP contribution in [0.1, 0.15) is 36.3 Å². The third-order valence-electron chi connectivity index (χ3n) is 5.80. The van der Waals surface area contributed by atoms with Gasteiger partial charge in [0.2, 0.25) is 5.89 Å². The van der Waals surface area contributed by atoms with E-state index in [1.807, 2.05) is 30.3 Å². The predicted molar refractivity (Wildman–Crippen MR) is 131 cm³/mol. The van der Waals surface area contributed by atoms with Gasteiger partial charge >= 0.3 is 0 Å². The molecule has 0 amide bonds. The third kappa shape index (κ3) is 5.49. The predicted octanol–water partition coefficient (Wildman–Crippen LogP) is 5.91. The first kappa shape index (κ1) is 22.2. The van der Waals surface area contributed by atoms with E-state index in [1.54, 1.807) is 18.0 Å². The molecule has 2 aromatic carbocycles. The fourth-order valence-electron chi connectivity index (χ4n) is 4.06. The molecule has 0 atom stereocenters. The molecule has 0 aliphatic carbocycles. The van der Waals surface area contributed by atoms with Crippen LogP contribution in [0.2, 0.25) is 5.02 Å². The highest BCUT2D eigenvalue weighted by Crippen LogP contribution is 2.29. The summed E-state index contributed by atoms with van der Waals surface area (Å²) < 4.78 is 7.93. The Morgan fingerprint density at radius 2 is 1.70 bits per heavy atom. The van der Waals surface area contributed by atoms with Gasteiger partial charge in [-0.2, -0.15) is 0 Å². The zero-order valence-electron chi connectivity index (χ0n) is 18.4. The van der Waals surface area contributed by atoms with Gasteiger partial charge in [0.15, 0.2) is 5.16 Å². The molecule has 4 aromatic rings. The molecule has 1 saturated heterocycles. The van der Waals surface area contributed by atoms with Gasteiger partial charge in [-0.25, -0.2) is 4.98 Å². The van der Waals surface area contributed by atoms with Crippen molar-refractivity contribution in [2.75, 3.05) is 13.1 Å². The molecule has 0 bridgehead atoms. The van der Waals surface area contributed by atoms with E-state index < -0.39 is 0 Å². The first-order valence-corrected chi connectivity index (χ1v) is 12.6. The Bertz CT molecular complexity index is 1190. The van der Waals surface area contributed by atoms with Crippen LogP contribution in [0.4, 0.5) is 0 Å². The lowest BCUT2D eigenvalue weighted by Crippen LogP contribution is -2.30. The second-order valence-corrected chi connectivity index (χ2v) is 9.57. The number of nitrogens with zero attached hydrogens (tertiary/aromatic N) is 5. The minimum atomic E-state index is 0.535. The van der Waals surface area contributed by atoms with Crippen LogP contribution >= 0.6 is 23.4 Å². The quantitative estimate of drug-likeness (QED) is 0.293. The van der Waals surface area contributed by atoms with E-state index in [0.29, 0.717) is 16.7 Å². The number of rotatable bonds is 8. The Kier molecular flexibility index (Phi) is 7.09. The lowest BCUT2D eigenvalue weighted by molar-refractivity contribution is 0.213. The topological polar surface area (TPSA) is 60.0 Å². The van der Waals surface area contributed by atoms with Crippen molar-refractivity contribution in [2.24, 2.45) is 0 Å². The van der Waals surface area contributed by atoms with Crippen LogP contribution in [0.3, 0.4) is 0 Å². The molecule has 8 heteroatoms. The fourth-order valence-corrected chi connectivity index (χ4v) is 5.11. The van der Waals surface area contributed by atoms with Gasteiger partial charge < -0.3 is 8.98 Å². The molecule has 5 rings (SSSR count). The van der Waals surface area contributed by atoms with Gasteiger partial charge in [0.05, 0.1) is 29.4 Å². The number of hydrogen-bond donors (Lipinski definition) is 0. The minimum Gasteiger partial charge on any atom is -0.444 e. The van der Waals surface area contributed by atoms with Crippen molar-refractivity contribution < 1.29 is 4.42 Å². The average Bonchev–Trinajstić information content (AvgIpc) is 3.47. The molecule has 2 aromatic heterocycles. The average molecular weight is 480 g/mol. The Morgan fingerprint density at radius 1 is 0.909 bits per heavy atom. The summed E-state index contributed by atoms with van der Waals surface area (Å²) in [6.45, 7) is 3.85. The van der Waals surface area contributed by atoms with Crippen LogP contribution in [-0.4, -0.2) is 37.7 Å². The van der Waals surface area contributed by atoms with Gasteiger partial charge in [-0.15, -0.1) is 10.2 Å². The zero-order chi connectivity index (χ0) is 22.5. The molecule has 1 fully saturated rings. The van der Waals surface area contributed by atoms with E-state index in [4.69, 9.17) is 16.0 Å². The van der Waals surface area contributed by atoms with E-state index in [2.05, 4.69) is 48.9 Å². The number of piperidine rings is 1. The molecule has 1 aliphatic heterocycles. The number of likely N-dealkylation sites (tertiary alicyclic amines) is 1. The van der Waals surface area contributed by atoms with Gasteiger partial charge in [-0.3, -0.25) is 4.90 Å². The molecule has 6 nitrogen and oxygen atoms in total. The summed E-state index contributed by atoms with van der Waals surface area (Å²) in [4.78, 5) is 7.12. The molecular weight excluding hydrogens is 454 g/mol. The summed E-state index contributed by atoms with van der Waals surface area (Å²) in [5, 5.41) is 10.6. The van der Waals surface area contributed by atoms with Crippen molar-refractivity contribution in [3.05, 3.63) is 83.0 Å². The normalized spacial score (nSPS) is 14.6. The Balaban J connectivity index is 1.33. The van der Waals surface area contributed by atoms with Crippen LogP contribution < -0.4 is 0 Å². The van der Waals surface area contributed by atoms with Crippen LogP contribution in [-0.2, 0) is 18.8 Å². The lowest BCUT2D eigenvalue weighted by atomic mass is 10.1. The number of oxazole rings is 1. The van der Waals surface area contributed by atoms with Crippen molar-refractivity contribution >= 4 is 23.4 Å². The molecule has 1 aliphatic rings. The van der Waals surface area contributed by atoms with Crippen molar-refractivity contribution in [2.45, 2.75) is 43.3 Å². The molecule has 0 unspecified atom stereocenters. The molecule has 33 heavy (non-hydrogen) atoms. The Morgan fingerprint density at radius 3 is 2.52 bits per heavy atom. The van der Waals surface area contributed by atoms with Gasteiger partial charge in [0.25, 0.3) is 0 Å². The van der Waals surface area contributed by atoms with E-state index in [-0.39, 0.29) is 0 Å². The van der Waals surface area contributed by atoms with Crippen molar-refractivity contribution in [3.8, 4) is 11.5 Å². The maximum absolute atomic E-state index is 6.29. The standard InChI is InChI=1S/C25H26ClN5OS/c26-22-12-6-5-11-21(22)24-27-20(17-32-24)18-33-25-29-28-23(16-30-13-7-2-8-14-30)31(25)15-19-9-3-1-4-10-19/h1,3-6,9-12,17H,2,7-8,13-16,18H2. The summed E-state index contributed by atoms with van der Waals surface area (Å²) in [7, 11) is 0. The number of thioether (sulfide) groups is 1. The van der Waals surface area contributed by atoms with Crippen molar-refractivity contribution in [3.63, 3.8) is 0 Å². The van der Waals surface area contributed by atoms with Gasteiger partial charge in [-0.1, -0.05) is 72.2 Å². The maximum atomic E-state index is 6.29. The smallest absolute Gasteiger partial charge is 0.227 e. The molecule has 170 valence electrons. The lowest BCUT2D eigenvalue weighted by Gasteiger charge is -2.26. The van der Waals surface area contributed by atoms with Gasteiger partial charge in [0.1, 0.15) is 12.1 Å². The van der Waals surface area contributed by atoms with Gasteiger partial charge in [-0.05, 0) is 43.6 Å². The molecule has 0 N–H and O–H groups in total. The first-order valence-electron chi connectivity index (χ1n) is 11.3. The highest BCUT2D eigenvalue weighted by Gasteiger charge is 2.19. The Hall–Kier alpha value is -2.61. The van der Waals surface area contributed by atoms with Crippen LogP contribution in [0, 0.1) is 0 Å². The van der Waals surface area contributed by atoms with Crippen LogP contribution in [0.15, 0.2) is 70.4 Å². The summed E-state index contributed by atoms with van der Waals surface area (Å²) in [5.74, 6) is 2.19. The van der Waals surface area contributed by atoms with Crippen molar-refractivity contribution in [1.82, 2.24) is 24.6 Å². The second-order valence-electron chi connectivity index (χ2n) is 8.22. The zero-order valence-corrected chi connectivity index (χ0v) is 19.9. The monoisotopic (exact) mass is 479 g/mol.